The number of benzene rings is 3. The topological polar surface area (TPSA) is 49.8 Å². The molecule has 1 N–H and O–H groups in total. The van der Waals surface area contributed by atoms with E-state index in [1.165, 1.54) is 4.90 Å². The lowest BCUT2D eigenvalue weighted by Crippen LogP contribution is -2.54. The highest BCUT2D eigenvalue weighted by atomic mass is 19.4. The Bertz CT molecular complexity index is 1360. The highest BCUT2D eigenvalue weighted by Gasteiger charge is 2.71. The first-order valence-electron chi connectivity index (χ1n) is 12.7. The zero-order chi connectivity index (χ0) is 29.5. The Balaban J connectivity index is 1.78. The van der Waals surface area contributed by atoms with Crippen molar-refractivity contribution in [2.24, 2.45) is 0 Å². The molecule has 4 nitrogen and oxygen atoms in total. The maximum absolute atomic E-state index is 13.8. The summed E-state index contributed by atoms with van der Waals surface area (Å²) >= 11 is 0. The summed E-state index contributed by atoms with van der Waals surface area (Å²) < 4.78 is 87.9. The van der Waals surface area contributed by atoms with Gasteiger partial charge in [0.25, 0.3) is 5.60 Å². The predicted octanol–water partition coefficient (Wildman–Crippen LogP) is 7.15. The van der Waals surface area contributed by atoms with Crippen LogP contribution in [0.4, 0.5) is 32.0 Å². The van der Waals surface area contributed by atoms with E-state index in [0.717, 1.165) is 17.2 Å². The van der Waals surface area contributed by atoms with Gasteiger partial charge in [-0.15, -0.1) is 0 Å². The van der Waals surface area contributed by atoms with Crippen molar-refractivity contribution in [1.29, 1.82) is 0 Å². The van der Waals surface area contributed by atoms with Crippen molar-refractivity contribution in [1.82, 2.24) is 0 Å². The van der Waals surface area contributed by atoms with Crippen LogP contribution < -0.4 is 9.64 Å². The van der Waals surface area contributed by atoms with E-state index in [0.29, 0.717) is 23.4 Å². The number of anilines is 1. The molecule has 4 rings (SSSR count). The SMILES string of the molecule is Cc1ccc(C)c(O[C@H]2CCc3cc(C(O)(C(F)(F)F)C(F)(F)F)ccc3N(C(=O)[C@@H](C)c3ccccc3)C2)c1. The van der Waals surface area contributed by atoms with Crippen LogP contribution in [0.3, 0.4) is 0 Å². The molecule has 0 unspecified atom stereocenters. The van der Waals surface area contributed by atoms with Gasteiger partial charge in [-0.1, -0.05) is 54.6 Å². The van der Waals surface area contributed by atoms with E-state index >= 15 is 0 Å². The minimum absolute atomic E-state index is 0.0218. The fraction of sp³-hybridized carbons (Fsp3) is 0.367. The van der Waals surface area contributed by atoms with E-state index < -0.39 is 41.4 Å². The summed E-state index contributed by atoms with van der Waals surface area (Å²) in [5.74, 6) is -0.474. The molecule has 1 aliphatic rings. The zero-order valence-corrected chi connectivity index (χ0v) is 22.1. The third-order valence-corrected chi connectivity index (χ3v) is 7.30. The largest absolute Gasteiger partial charge is 0.488 e. The molecule has 1 amide bonds. The highest BCUT2D eigenvalue weighted by Crippen LogP contribution is 2.51. The molecule has 1 heterocycles. The molecule has 2 atom stereocenters. The zero-order valence-electron chi connectivity index (χ0n) is 22.1. The molecule has 0 saturated carbocycles. The van der Waals surface area contributed by atoms with E-state index in [-0.39, 0.29) is 30.6 Å². The molecule has 0 aliphatic carbocycles. The number of hydrogen-bond donors (Lipinski definition) is 1. The number of halogens is 6. The summed E-state index contributed by atoms with van der Waals surface area (Å²) in [6.07, 6.45) is -12.4. The minimum Gasteiger partial charge on any atom is -0.488 e. The number of carbonyl (C=O) groups is 1. The lowest BCUT2D eigenvalue weighted by molar-refractivity contribution is -0.376. The fourth-order valence-corrected chi connectivity index (χ4v) is 4.91. The highest BCUT2D eigenvalue weighted by molar-refractivity contribution is 5.98. The van der Waals surface area contributed by atoms with Crippen LogP contribution in [0.15, 0.2) is 66.7 Å². The van der Waals surface area contributed by atoms with Crippen LogP contribution in [0.5, 0.6) is 5.75 Å². The number of rotatable bonds is 5. The van der Waals surface area contributed by atoms with Crippen molar-refractivity contribution in [3.05, 3.63) is 94.5 Å². The molecule has 214 valence electrons. The van der Waals surface area contributed by atoms with E-state index in [1.807, 2.05) is 32.0 Å². The number of aliphatic hydroxyl groups is 1. The van der Waals surface area contributed by atoms with Crippen molar-refractivity contribution in [3.63, 3.8) is 0 Å². The Labute approximate surface area is 228 Å². The standard InChI is InChI=1S/C30H29F6NO3/c1-18-9-10-19(2)26(15-18)40-24-13-11-22-16-23(28(39,29(31,32)33)30(34,35)36)12-14-25(22)37(17-24)27(38)20(3)21-7-5-4-6-8-21/h4-10,12,14-16,20,24,39H,11,13,17H2,1-3H3/t20-,24-/m0/s1. The molecule has 10 heteroatoms. The van der Waals surface area contributed by atoms with Crippen molar-refractivity contribution in [3.8, 4) is 5.75 Å². The first kappa shape index (κ1) is 29.5. The molecule has 0 bridgehead atoms. The van der Waals surface area contributed by atoms with Gasteiger partial charge in [-0.25, -0.2) is 0 Å². The van der Waals surface area contributed by atoms with Gasteiger partial charge in [0.2, 0.25) is 5.91 Å². The number of alkyl halides is 6. The Morgan fingerprint density at radius 2 is 1.60 bits per heavy atom. The molecule has 3 aromatic carbocycles. The van der Waals surface area contributed by atoms with Gasteiger partial charge in [-0.3, -0.25) is 4.79 Å². The van der Waals surface area contributed by atoms with Crippen LogP contribution in [-0.2, 0) is 16.8 Å². The molecule has 1 aliphatic heterocycles. The van der Waals surface area contributed by atoms with Crippen LogP contribution >= 0.6 is 0 Å². The van der Waals surface area contributed by atoms with Crippen LogP contribution in [0, 0.1) is 13.8 Å². The summed E-state index contributed by atoms with van der Waals surface area (Å²) in [6.45, 7) is 5.44. The molecular weight excluding hydrogens is 536 g/mol. The molecule has 40 heavy (non-hydrogen) atoms. The maximum atomic E-state index is 13.8. The van der Waals surface area contributed by atoms with Gasteiger partial charge in [0, 0.05) is 11.3 Å². The van der Waals surface area contributed by atoms with E-state index in [1.54, 1.807) is 37.3 Å². The summed E-state index contributed by atoms with van der Waals surface area (Å²) in [4.78, 5) is 15.2. The van der Waals surface area contributed by atoms with Gasteiger partial charge >= 0.3 is 12.4 Å². The number of nitrogens with zero attached hydrogens (tertiary/aromatic N) is 1. The van der Waals surface area contributed by atoms with Crippen LogP contribution in [-0.4, -0.2) is 36.0 Å². The quantitative estimate of drug-likeness (QED) is 0.335. The Morgan fingerprint density at radius 3 is 2.23 bits per heavy atom. The van der Waals surface area contributed by atoms with Crippen molar-refractivity contribution >= 4 is 11.6 Å². The first-order valence-corrected chi connectivity index (χ1v) is 12.7. The van der Waals surface area contributed by atoms with Crippen molar-refractivity contribution in [2.75, 3.05) is 11.4 Å². The molecule has 0 fully saturated rings. The number of amides is 1. The average Bonchev–Trinajstić information content (AvgIpc) is 3.07. The van der Waals surface area contributed by atoms with Gasteiger partial charge in [-0.05, 0) is 68.0 Å². The van der Waals surface area contributed by atoms with Crippen LogP contribution in [0.1, 0.15) is 47.1 Å². The molecular formula is C30H29F6NO3. The maximum Gasteiger partial charge on any atom is 0.430 e. The average molecular weight is 566 g/mol. The minimum atomic E-state index is -6.02. The molecule has 0 saturated heterocycles. The second-order valence-corrected chi connectivity index (χ2v) is 10.2. The van der Waals surface area contributed by atoms with E-state index in [2.05, 4.69) is 0 Å². The Kier molecular flexibility index (Phi) is 7.95. The summed E-state index contributed by atoms with van der Waals surface area (Å²) in [5.41, 5.74) is -3.70. The van der Waals surface area contributed by atoms with E-state index in [9.17, 15) is 36.2 Å². The lowest BCUT2D eigenvalue weighted by Gasteiger charge is -2.34. The molecule has 0 spiro atoms. The smallest absolute Gasteiger partial charge is 0.430 e. The number of aryl methyl sites for hydroxylation is 3. The summed E-state index contributed by atoms with van der Waals surface area (Å²) in [6, 6.07) is 16.8. The monoisotopic (exact) mass is 565 g/mol. The third-order valence-electron chi connectivity index (χ3n) is 7.30. The summed E-state index contributed by atoms with van der Waals surface area (Å²) in [5, 5.41) is 9.99. The van der Waals surface area contributed by atoms with Crippen LogP contribution in [0.2, 0.25) is 0 Å². The summed E-state index contributed by atoms with van der Waals surface area (Å²) in [7, 11) is 0. The molecule has 0 aromatic heterocycles. The van der Waals surface area contributed by atoms with Gasteiger partial charge in [0.15, 0.2) is 0 Å². The van der Waals surface area contributed by atoms with Gasteiger partial charge in [0.05, 0.1) is 12.5 Å². The number of ether oxygens (including phenoxy) is 1. The van der Waals surface area contributed by atoms with Gasteiger partial charge in [0.1, 0.15) is 11.9 Å². The van der Waals surface area contributed by atoms with Gasteiger partial charge in [-0.2, -0.15) is 26.3 Å². The predicted molar refractivity (Wildman–Crippen MR) is 138 cm³/mol. The Morgan fingerprint density at radius 1 is 0.950 bits per heavy atom. The second-order valence-electron chi connectivity index (χ2n) is 10.2. The number of hydrogen-bond acceptors (Lipinski definition) is 3. The number of carbonyl (C=O) groups excluding carboxylic acids is 1. The second kappa shape index (κ2) is 10.8. The molecule has 3 aromatic rings. The van der Waals surface area contributed by atoms with Gasteiger partial charge < -0.3 is 14.7 Å². The van der Waals surface area contributed by atoms with Crippen LogP contribution in [0.25, 0.3) is 0 Å². The third kappa shape index (κ3) is 5.54. The van der Waals surface area contributed by atoms with Crippen molar-refractivity contribution in [2.45, 2.75) is 63.6 Å². The molecule has 0 radical (unpaired) electrons. The van der Waals surface area contributed by atoms with E-state index in [4.69, 9.17) is 4.74 Å². The Hall–Kier alpha value is -3.53. The lowest BCUT2D eigenvalue weighted by atomic mass is 9.89. The normalized spacial score (nSPS) is 17.1. The van der Waals surface area contributed by atoms with Crippen molar-refractivity contribution < 1.29 is 41.0 Å². The fourth-order valence-electron chi connectivity index (χ4n) is 4.91. The first-order chi connectivity index (χ1) is 18.6. The number of fused-ring (bicyclic) bond motifs is 1.